The van der Waals surface area contributed by atoms with Crippen molar-refractivity contribution >= 4 is 18.1 Å². The van der Waals surface area contributed by atoms with Crippen molar-refractivity contribution < 1.29 is 13.9 Å². The van der Waals surface area contributed by atoms with Crippen LogP contribution in [0.4, 0.5) is 4.39 Å². The van der Waals surface area contributed by atoms with E-state index in [0.29, 0.717) is 5.56 Å². The molecule has 1 N–H and O–H groups in total. The Labute approximate surface area is 137 Å². The molecule has 7 heteroatoms. The molecule has 0 radical (unpaired) electrons. The van der Waals surface area contributed by atoms with Crippen LogP contribution in [-0.4, -0.2) is 29.9 Å². The van der Waals surface area contributed by atoms with Crippen LogP contribution >= 0.6 is 12.2 Å². The lowest BCUT2D eigenvalue weighted by Gasteiger charge is -2.12. The van der Waals surface area contributed by atoms with Crippen LogP contribution in [0.5, 0.6) is 11.5 Å². The highest BCUT2D eigenvalue weighted by molar-refractivity contribution is 7.71. The summed E-state index contributed by atoms with van der Waals surface area (Å²) in [5.74, 6) is -0.605. The SMILES string of the molecule is CN(C)C(=O)Cc1ccc(Oc2cc[nH]c(=S)c2C#N)c(F)c1. The van der Waals surface area contributed by atoms with Crippen LogP contribution in [0.3, 0.4) is 0 Å². The number of aromatic amines is 1. The number of H-pyrrole nitrogens is 1. The summed E-state index contributed by atoms with van der Waals surface area (Å²) < 4.78 is 19.8. The molecule has 0 unspecified atom stereocenters. The molecule has 1 heterocycles. The van der Waals surface area contributed by atoms with Gasteiger partial charge in [-0.15, -0.1) is 0 Å². The second kappa shape index (κ2) is 7.03. The maximum Gasteiger partial charge on any atom is 0.226 e. The lowest BCUT2D eigenvalue weighted by Crippen LogP contribution is -2.23. The van der Waals surface area contributed by atoms with Gasteiger partial charge >= 0.3 is 0 Å². The Morgan fingerprint density at radius 1 is 1.39 bits per heavy atom. The Balaban J connectivity index is 2.26. The molecule has 0 aliphatic heterocycles. The van der Waals surface area contributed by atoms with Crippen molar-refractivity contribution in [3.63, 3.8) is 0 Å². The number of rotatable bonds is 4. The molecule has 5 nitrogen and oxygen atoms in total. The number of nitriles is 1. The van der Waals surface area contributed by atoms with Crippen LogP contribution < -0.4 is 4.74 Å². The summed E-state index contributed by atoms with van der Waals surface area (Å²) in [6.07, 6.45) is 1.62. The minimum atomic E-state index is -0.614. The molecule has 0 bridgehead atoms. The van der Waals surface area contributed by atoms with Crippen molar-refractivity contribution in [2.24, 2.45) is 0 Å². The number of pyridine rings is 1. The number of carbonyl (C=O) groups excluding carboxylic acids is 1. The highest BCUT2D eigenvalue weighted by atomic mass is 32.1. The van der Waals surface area contributed by atoms with Gasteiger partial charge in [0.15, 0.2) is 11.6 Å². The first-order chi connectivity index (χ1) is 10.9. The van der Waals surface area contributed by atoms with Gasteiger partial charge in [0.1, 0.15) is 22.0 Å². The van der Waals surface area contributed by atoms with Gasteiger partial charge < -0.3 is 14.6 Å². The lowest BCUT2D eigenvalue weighted by atomic mass is 10.1. The fourth-order valence-corrected chi connectivity index (χ4v) is 2.05. The third kappa shape index (κ3) is 3.93. The fourth-order valence-electron chi connectivity index (χ4n) is 1.84. The first-order valence-corrected chi connectivity index (χ1v) is 7.11. The molecule has 0 atom stereocenters. The summed E-state index contributed by atoms with van der Waals surface area (Å²) in [6.45, 7) is 0. The van der Waals surface area contributed by atoms with Crippen LogP contribution in [0.15, 0.2) is 30.5 Å². The number of hydrogen-bond acceptors (Lipinski definition) is 4. The van der Waals surface area contributed by atoms with E-state index in [2.05, 4.69) is 4.98 Å². The smallest absolute Gasteiger partial charge is 0.226 e. The predicted octanol–water partition coefficient (Wildman–Crippen LogP) is 3.18. The summed E-state index contributed by atoms with van der Waals surface area (Å²) >= 11 is 4.99. The maximum absolute atomic E-state index is 14.2. The highest BCUT2D eigenvalue weighted by Crippen LogP contribution is 2.27. The van der Waals surface area contributed by atoms with Crippen molar-refractivity contribution in [3.05, 3.63) is 52.0 Å². The average Bonchev–Trinajstić information content (AvgIpc) is 2.50. The lowest BCUT2D eigenvalue weighted by molar-refractivity contribution is -0.127. The molecule has 1 aromatic carbocycles. The normalized spacial score (nSPS) is 10.0. The number of aromatic nitrogens is 1. The molecule has 1 aromatic heterocycles. The number of benzene rings is 1. The molecular weight excluding hydrogens is 317 g/mol. The monoisotopic (exact) mass is 331 g/mol. The second-order valence-corrected chi connectivity index (χ2v) is 5.40. The maximum atomic E-state index is 14.2. The zero-order chi connectivity index (χ0) is 17.0. The summed E-state index contributed by atoms with van der Waals surface area (Å²) in [4.78, 5) is 15.8. The molecule has 23 heavy (non-hydrogen) atoms. The van der Waals surface area contributed by atoms with E-state index in [-0.39, 0.29) is 34.0 Å². The molecule has 1 amide bonds. The van der Waals surface area contributed by atoms with E-state index in [4.69, 9.17) is 22.2 Å². The Kier molecular flexibility index (Phi) is 5.09. The summed E-state index contributed by atoms with van der Waals surface area (Å²) in [7, 11) is 3.27. The summed E-state index contributed by atoms with van der Waals surface area (Å²) in [6, 6.07) is 7.69. The van der Waals surface area contributed by atoms with E-state index in [9.17, 15) is 9.18 Å². The third-order valence-electron chi connectivity index (χ3n) is 3.10. The molecule has 0 aliphatic carbocycles. The minimum Gasteiger partial charge on any atom is -0.453 e. The van der Waals surface area contributed by atoms with E-state index < -0.39 is 5.82 Å². The number of nitrogens with one attached hydrogen (secondary N) is 1. The molecule has 0 saturated carbocycles. The number of halogens is 1. The van der Waals surface area contributed by atoms with E-state index in [1.807, 2.05) is 6.07 Å². The van der Waals surface area contributed by atoms with Crippen molar-refractivity contribution in [1.29, 1.82) is 5.26 Å². The van der Waals surface area contributed by atoms with Gasteiger partial charge in [0.05, 0.1) is 6.42 Å². The molecule has 2 rings (SSSR count). The van der Waals surface area contributed by atoms with Crippen LogP contribution in [0, 0.1) is 21.8 Å². The van der Waals surface area contributed by atoms with E-state index in [1.165, 1.54) is 29.3 Å². The average molecular weight is 331 g/mol. The largest absolute Gasteiger partial charge is 0.453 e. The van der Waals surface area contributed by atoms with E-state index in [1.54, 1.807) is 20.2 Å². The minimum absolute atomic E-state index is 0.0387. The number of amides is 1. The van der Waals surface area contributed by atoms with Crippen molar-refractivity contribution in [3.8, 4) is 17.6 Å². The Morgan fingerprint density at radius 3 is 2.74 bits per heavy atom. The highest BCUT2D eigenvalue weighted by Gasteiger charge is 2.12. The zero-order valence-electron chi connectivity index (χ0n) is 12.6. The van der Waals surface area contributed by atoms with Crippen molar-refractivity contribution in [2.75, 3.05) is 14.1 Å². The zero-order valence-corrected chi connectivity index (χ0v) is 13.4. The molecule has 0 fully saturated rings. The van der Waals surface area contributed by atoms with Gasteiger partial charge in [-0.3, -0.25) is 4.79 Å². The second-order valence-electron chi connectivity index (χ2n) is 4.99. The predicted molar refractivity (Wildman–Crippen MR) is 85.2 cm³/mol. The van der Waals surface area contributed by atoms with E-state index in [0.717, 1.165) is 0 Å². The van der Waals surface area contributed by atoms with Crippen molar-refractivity contribution in [2.45, 2.75) is 6.42 Å². The van der Waals surface area contributed by atoms with Gasteiger partial charge in [0.2, 0.25) is 5.91 Å². The number of carbonyl (C=O) groups is 1. The van der Waals surface area contributed by atoms with Crippen molar-refractivity contribution in [1.82, 2.24) is 9.88 Å². The first kappa shape index (κ1) is 16.6. The molecule has 0 aliphatic rings. The number of nitrogens with zero attached hydrogens (tertiary/aromatic N) is 2. The Bertz CT molecular complexity index is 840. The van der Waals surface area contributed by atoms with Crippen LogP contribution in [-0.2, 0) is 11.2 Å². The van der Waals surface area contributed by atoms with Gasteiger partial charge in [-0.1, -0.05) is 18.3 Å². The number of ether oxygens (including phenoxy) is 1. The molecule has 2 aromatic rings. The summed E-state index contributed by atoms with van der Waals surface area (Å²) in [5.41, 5.74) is 0.674. The summed E-state index contributed by atoms with van der Waals surface area (Å²) in [5, 5.41) is 9.09. The van der Waals surface area contributed by atoms with E-state index >= 15 is 0 Å². The molecule has 0 spiro atoms. The third-order valence-corrected chi connectivity index (χ3v) is 3.43. The van der Waals surface area contributed by atoms with Crippen LogP contribution in [0.1, 0.15) is 11.1 Å². The topological polar surface area (TPSA) is 69.1 Å². The number of likely N-dealkylation sites (N-methyl/N-ethyl adjacent to an activating group) is 1. The Morgan fingerprint density at radius 2 is 2.13 bits per heavy atom. The molecule has 118 valence electrons. The van der Waals surface area contributed by atoms with Crippen LogP contribution in [0.25, 0.3) is 0 Å². The van der Waals surface area contributed by atoms with Gasteiger partial charge in [0.25, 0.3) is 0 Å². The van der Waals surface area contributed by atoms with Crippen LogP contribution in [0.2, 0.25) is 0 Å². The van der Waals surface area contributed by atoms with Gasteiger partial charge in [-0.2, -0.15) is 5.26 Å². The Hall–Kier alpha value is -2.72. The van der Waals surface area contributed by atoms with Gasteiger partial charge in [0, 0.05) is 20.3 Å². The fraction of sp³-hybridized carbons (Fsp3) is 0.188. The van der Waals surface area contributed by atoms with Gasteiger partial charge in [-0.05, 0) is 23.8 Å². The molecular formula is C16H14FN3O2S. The first-order valence-electron chi connectivity index (χ1n) is 6.70. The molecule has 0 saturated heterocycles. The quantitative estimate of drug-likeness (QED) is 0.874. The number of hydrogen-bond donors (Lipinski definition) is 1. The standard InChI is InChI=1S/C16H14FN3O2S/c1-20(2)15(21)8-10-3-4-14(12(17)7-10)22-13-5-6-19-16(23)11(13)9-18/h3-7H,8H2,1-2H3,(H,19,23). The van der Waals surface area contributed by atoms with Gasteiger partial charge in [-0.25, -0.2) is 4.39 Å².